The molecule has 0 spiro atoms. The minimum absolute atomic E-state index is 0.569. The molecular weight excluding hydrogens is 108 g/mol. The van der Waals surface area contributed by atoms with Gasteiger partial charge in [-0.25, -0.2) is 0 Å². The van der Waals surface area contributed by atoms with Gasteiger partial charge in [0, 0.05) is 18.8 Å². The molecule has 0 rings (SSSR count). The zero-order chi connectivity index (χ0) is 5.70. The second-order valence-electron chi connectivity index (χ2n) is 1.09. The van der Waals surface area contributed by atoms with Gasteiger partial charge < -0.3 is 11.1 Å². The van der Waals surface area contributed by atoms with Gasteiger partial charge in [-0.15, -0.1) is 6.58 Å². The van der Waals surface area contributed by atoms with E-state index in [-0.39, 0.29) is 0 Å². The van der Waals surface area contributed by atoms with Gasteiger partial charge in [-0.1, -0.05) is 6.08 Å². The summed E-state index contributed by atoms with van der Waals surface area (Å²) in [4.78, 5) is 0. The van der Waals surface area contributed by atoms with Crippen LogP contribution in [0.25, 0.3) is 0 Å². The number of thiocarbonyl (C=S) groups is 1. The largest absolute Gasteiger partial charge is 0.328 e. The molecule has 0 bridgehead atoms. The zero-order valence-electron chi connectivity index (χ0n) is 4.11. The average Bonchev–Trinajstić information content (AvgIpc) is 1.61. The molecule has 0 aromatic heterocycles. The number of nitrogens with one attached hydrogen (secondary N) is 1. The summed E-state index contributed by atoms with van der Waals surface area (Å²) in [5, 5.41) is 3.37. The standard InChI is InChI=1S/C4H8N2S/c1-2-3-6-4(5)7/h2H,1,3H2,(H3,5,6,7)/p+1. The third kappa shape index (κ3) is 5.59. The summed E-state index contributed by atoms with van der Waals surface area (Å²) < 4.78 is 0. The monoisotopic (exact) mass is 117 g/mol. The molecule has 40 valence electrons. The smallest absolute Gasteiger partial charge is 0.265 e. The van der Waals surface area contributed by atoms with Crippen LogP contribution >= 0.6 is 12.2 Å². The Bertz CT molecular complexity index is 79.8. The first-order valence-corrected chi connectivity index (χ1v) is 2.39. The van der Waals surface area contributed by atoms with Crippen LogP contribution in [0.15, 0.2) is 12.7 Å². The van der Waals surface area contributed by atoms with E-state index in [1.165, 1.54) is 0 Å². The van der Waals surface area contributed by atoms with E-state index in [9.17, 15) is 0 Å². The molecule has 2 nitrogen and oxygen atoms in total. The van der Waals surface area contributed by atoms with E-state index < -0.39 is 0 Å². The SMILES string of the molecule is C=CCNC([NH3+])=S. The Balaban J connectivity index is 2.97. The number of hydrogen-bond donors (Lipinski definition) is 2. The van der Waals surface area contributed by atoms with Gasteiger partial charge in [0.15, 0.2) is 0 Å². The lowest BCUT2D eigenvalue weighted by Gasteiger charge is -1.89. The van der Waals surface area contributed by atoms with Gasteiger partial charge in [0.1, 0.15) is 0 Å². The molecule has 4 N–H and O–H groups in total. The zero-order valence-corrected chi connectivity index (χ0v) is 4.92. The quantitative estimate of drug-likeness (QED) is 0.370. The molecule has 0 amide bonds. The van der Waals surface area contributed by atoms with Crippen LogP contribution in [-0.2, 0) is 0 Å². The molecule has 7 heavy (non-hydrogen) atoms. The van der Waals surface area contributed by atoms with Crippen molar-refractivity contribution in [2.45, 2.75) is 0 Å². The van der Waals surface area contributed by atoms with E-state index in [2.05, 4.69) is 29.8 Å². The molecule has 0 aliphatic carbocycles. The summed E-state index contributed by atoms with van der Waals surface area (Å²) in [5.74, 6) is 0. The van der Waals surface area contributed by atoms with Gasteiger partial charge >= 0.3 is 0 Å². The highest BCUT2D eigenvalue weighted by atomic mass is 32.1. The Morgan fingerprint density at radius 1 is 2.00 bits per heavy atom. The fourth-order valence-corrected chi connectivity index (χ4v) is 0.269. The molecular formula is C4H9N2S+. The van der Waals surface area contributed by atoms with Crippen molar-refractivity contribution in [3.8, 4) is 0 Å². The van der Waals surface area contributed by atoms with Crippen LogP contribution in [0.2, 0.25) is 0 Å². The van der Waals surface area contributed by atoms with Crippen molar-refractivity contribution < 1.29 is 5.73 Å². The molecule has 0 atom stereocenters. The number of hydrogen-bond acceptors (Lipinski definition) is 1. The summed E-state index contributed by atoms with van der Waals surface area (Å²) in [6, 6.07) is 0. The third-order valence-corrected chi connectivity index (χ3v) is 0.588. The first-order valence-electron chi connectivity index (χ1n) is 1.98. The fraction of sp³-hybridized carbons (Fsp3) is 0.250. The molecule has 0 aromatic carbocycles. The normalized spacial score (nSPS) is 7.57. The highest BCUT2D eigenvalue weighted by molar-refractivity contribution is 7.79. The van der Waals surface area contributed by atoms with Crippen LogP contribution in [0.5, 0.6) is 0 Å². The lowest BCUT2D eigenvalue weighted by Crippen LogP contribution is -2.62. The van der Waals surface area contributed by atoms with E-state index in [4.69, 9.17) is 0 Å². The molecule has 0 heterocycles. The number of rotatable bonds is 2. The Morgan fingerprint density at radius 3 is 2.71 bits per heavy atom. The van der Waals surface area contributed by atoms with Crippen molar-refractivity contribution in [1.29, 1.82) is 0 Å². The molecule has 3 heteroatoms. The Morgan fingerprint density at radius 2 is 2.57 bits per heavy atom. The van der Waals surface area contributed by atoms with Crippen LogP contribution in [0.1, 0.15) is 0 Å². The lowest BCUT2D eigenvalue weighted by atomic mass is 10.6. The Labute approximate surface area is 48.4 Å². The summed E-state index contributed by atoms with van der Waals surface area (Å²) in [6.45, 7) is 4.19. The van der Waals surface area contributed by atoms with Crippen molar-refractivity contribution in [3.05, 3.63) is 12.7 Å². The molecule has 0 aliphatic heterocycles. The predicted molar refractivity (Wildman–Crippen MR) is 33.7 cm³/mol. The van der Waals surface area contributed by atoms with E-state index in [1.54, 1.807) is 6.08 Å². The minimum Gasteiger partial charge on any atom is -0.328 e. The van der Waals surface area contributed by atoms with E-state index in [0.29, 0.717) is 11.7 Å². The maximum absolute atomic E-state index is 4.59. The highest BCUT2D eigenvalue weighted by Crippen LogP contribution is 1.56. The summed E-state index contributed by atoms with van der Waals surface area (Å²) in [5.41, 5.74) is 3.45. The molecule has 0 unspecified atom stereocenters. The van der Waals surface area contributed by atoms with Gasteiger partial charge in [-0.3, -0.25) is 0 Å². The molecule has 0 saturated carbocycles. The van der Waals surface area contributed by atoms with Gasteiger partial charge in [0.05, 0.1) is 0 Å². The van der Waals surface area contributed by atoms with Crippen molar-refractivity contribution >= 4 is 17.3 Å². The molecule has 0 fully saturated rings. The summed E-state index contributed by atoms with van der Waals surface area (Å²) >= 11 is 4.59. The third-order valence-electron chi connectivity index (χ3n) is 0.444. The maximum Gasteiger partial charge on any atom is 0.265 e. The van der Waals surface area contributed by atoms with Crippen molar-refractivity contribution in [2.75, 3.05) is 6.54 Å². The highest BCUT2D eigenvalue weighted by Gasteiger charge is 1.81. The summed E-state index contributed by atoms with van der Waals surface area (Å²) in [7, 11) is 0. The van der Waals surface area contributed by atoms with Crippen molar-refractivity contribution in [3.63, 3.8) is 0 Å². The van der Waals surface area contributed by atoms with Crippen LogP contribution in [0, 0.1) is 0 Å². The van der Waals surface area contributed by atoms with Gasteiger partial charge in [-0.05, 0) is 0 Å². The van der Waals surface area contributed by atoms with Gasteiger partial charge in [-0.2, -0.15) is 0 Å². The number of quaternary nitrogens is 1. The van der Waals surface area contributed by atoms with Crippen molar-refractivity contribution in [1.82, 2.24) is 5.32 Å². The topological polar surface area (TPSA) is 39.7 Å². The summed E-state index contributed by atoms with van der Waals surface area (Å²) in [6.07, 6.45) is 1.73. The van der Waals surface area contributed by atoms with Crippen LogP contribution < -0.4 is 11.1 Å². The van der Waals surface area contributed by atoms with Gasteiger partial charge in [0.2, 0.25) is 0 Å². The second kappa shape index (κ2) is 3.77. The maximum atomic E-state index is 4.59. The first kappa shape index (κ1) is 6.59. The first-order chi connectivity index (χ1) is 3.27. The Hall–Kier alpha value is -0.410. The minimum atomic E-state index is 0.569. The van der Waals surface area contributed by atoms with Crippen LogP contribution in [0.4, 0.5) is 0 Å². The average molecular weight is 117 g/mol. The van der Waals surface area contributed by atoms with E-state index in [0.717, 1.165) is 0 Å². The molecule has 0 aromatic rings. The van der Waals surface area contributed by atoms with Crippen LogP contribution in [0.3, 0.4) is 0 Å². The predicted octanol–water partition coefficient (Wildman–Crippen LogP) is -0.711. The van der Waals surface area contributed by atoms with Crippen molar-refractivity contribution in [2.24, 2.45) is 0 Å². The lowest BCUT2D eigenvalue weighted by molar-refractivity contribution is -0.214. The molecule has 0 radical (unpaired) electrons. The molecule has 0 aliphatic rings. The Kier molecular flexibility index (Phi) is 3.55. The van der Waals surface area contributed by atoms with Gasteiger partial charge in [0.25, 0.3) is 5.11 Å². The van der Waals surface area contributed by atoms with Crippen LogP contribution in [-0.4, -0.2) is 11.7 Å². The second-order valence-corrected chi connectivity index (χ2v) is 1.59. The molecule has 0 saturated heterocycles. The fourth-order valence-electron chi connectivity index (χ4n) is 0.186. The van der Waals surface area contributed by atoms with E-state index in [1.807, 2.05) is 0 Å². The van der Waals surface area contributed by atoms with E-state index >= 15 is 0 Å².